The van der Waals surface area contributed by atoms with E-state index in [2.05, 4.69) is 15.9 Å². The lowest BCUT2D eigenvalue weighted by Gasteiger charge is -1.92. The summed E-state index contributed by atoms with van der Waals surface area (Å²) in [5, 5.41) is 10.3. The van der Waals surface area contributed by atoms with Crippen molar-refractivity contribution < 1.29 is 10.4 Å². The summed E-state index contributed by atoms with van der Waals surface area (Å²) in [6.45, 7) is 0. The van der Waals surface area contributed by atoms with Gasteiger partial charge in [-0.15, -0.1) is 0 Å². The fourth-order valence-electron chi connectivity index (χ4n) is 0.694. The molecule has 3 nitrogen and oxygen atoms in total. The lowest BCUT2D eigenvalue weighted by atomic mass is 10.2. The first-order chi connectivity index (χ1) is 5.24. The molecule has 0 fully saturated rings. The van der Waals surface area contributed by atoms with Crippen LogP contribution in [-0.2, 0) is 0 Å². The first-order valence-electron chi connectivity index (χ1n) is 3.02. The smallest absolute Gasteiger partial charge is 0.311 e. The van der Waals surface area contributed by atoms with E-state index in [9.17, 15) is 0 Å². The first-order valence-corrected chi connectivity index (χ1v) is 3.82. The summed E-state index contributed by atoms with van der Waals surface area (Å²) < 4.78 is 0.979. The van der Waals surface area contributed by atoms with Gasteiger partial charge in [0.25, 0.3) is 0 Å². The van der Waals surface area contributed by atoms with Crippen molar-refractivity contribution in [1.82, 2.24) is 0 Å². The van der Waals surface area contributed by atoms with Crippen molar-refractivity contribution in [2.75, 3.05) is 0 Å². The standard InChI is InChI=1S/C7H7BrN2O/c8-6-3-1-5(2-4-6)7(9)10-11/h1-4,11H,(H2,9,10)/p+1. The van der Waals surface area contributed by atoms with Crippen molar-refractivity contribution in [1.29, 1.82) is 0 Å². The number of rotatable bonds is 1. The number of hydrogen-bond acceptors (Lipinski definition) is 1. The molecule has 0 amide bonds. The Hall–Kier alpha value is -1.03. The second kappa shape index (κ2) is 3.39. The summed E-state index contributed by atoms with van der Waals surface area (Å²) in [6, 6.07) is 7.28. The number of halogens is 1. The molecule has 11 heavy (non-hydrogen) atoms. The van der Waals surface area contributed by atoms with Gasteiger partial charge in [-0.1, -0.05) is 21.1 Å². The predicted molar refractivity (Wildman–Crippen MR) is 45.2 cm³/mol. The zero-order valence-corrected chi connectivity index (χ0v) is 7.30. The lowest BCUT2D eigenvalue weighted by Crippen LogP contribution is -2.71. The van der Waals surface area contributed by atoms with Gasteiger partial charge in [-0.3, -0.25) is 5.73 Å². The van der Waals surface area contributed by atoms with Crippen LogP contribution in [0.15, 0.2) is 28.7 Å². The number of nitrogens with one attached hydrogen (secondary N) is 1. The molecule has 0 radical (unpaired) electrons. The van der Waals surface area contributed by atoms with Crippen molar-refractivity contribution in [3.05, 3.63) is 34.3 Å². The van der Waals surface area contributed by atoms with Gasteiger partial charge >= 0.3 is 5.84 Å². The summed E-state index contributed by atoms with van der Waals surface area (Å²) >= 11 is 3.28. The van der Waals surface area contributed by atoms with Gasteiger partial charge in [0.1, 0.15) is 0 Å². The van der Waals surface area contributed by atoms with Gasteiger partial charge in [-0.25, -0.2) is 0 Å². The van der Waals surface area contributed by atoms with Gasteiger partial charge < -0.3 is 5.21 Å². The molecule has 0 unspecified atom stereocenters. The fourth-order valence-corrected chi connectivity index (χ4v) is 0.958. The molecule has 1 aromatic rings. The van der Waals surface area contributed by atoms with Crippen molar-refractivity contribution in [3.63, 3.8) is 0 Å². The highest BCUT2D eigenvalue weighted by Gasteiger charge is 2.01. The third-order valence-corrected chi connectivity index (χ3v) is 1.80. The third kappa shape index (κ3) is 1.94. The largest absolute Gasteiger partial charge is 0.357 e. The molecule has 4 N–H and O–H groups in total. The van der Waals surface area contributed by atoms with Crippen LogP contribution in [0.25, 0.3) is 0 Å². The molecule has 0 heterocycles. The van der Waals surface area contributed by atoms with Gasteiger partial charge in [-0.05, 0) is 24.3 Å². The molecule has 0 aliphatic heterocycles. The molecule has 4 heteroatoms. The third-order valence-electron chi connectivity index (χ3n) is 1.28. The average molecular weight is 216 g/mol. The van der Waals surface area contributed by atoms with Crippen molar-refractivity contribution in [2.24, 2.45) is 5.73 Å². The minimum Gasteiger partial charge on any atom is -0.357 e. The van der Waals surface area contributed by atoms with Crippen LogP contribution < -0.4 is 10.9 Å². The van der Waals surface area contributed by atoms with E-state index < -0.39 is 0 Å². The van der Waals surface area contributed by atoms with E-state index in [4.69, 9.17) is 10.9 Å². The van der Waals surface area contributed by atoms with Crippen LogP contribution in [0, 0.1) is 0 Å². The first kappa shape index (κ1) is 8.07. The lowest BCUT2D eigenvalue weighted by molar-refractivity contribution is -0.737. The summed E-state index contributed by atoms with van der Waals surface area (Å²) in [5.41, 5.74) is 6.14. The molecule has 0 spiro atoms. The number of amidine groups is 1. The van der Waals surface area contributed by atoms with Crippen LogP contribution in [0.4, 0.5) is 0 Å². The predicted octanol–water partition coefficient (Wildman–Crippen LogP) is -0.376. The van der Waals surface area contributed by atoms with Gasteiger partial charge in [0, 0.05) is 4.47 Å². The molecule has 0 aliphatic carbocycles. The summed E-state index contributed by atoms with van der Waals surface area (Å²) in [7, 11) is 0. The molecule has 0 aliphatic rings. The van der Waals surface area contributed by atoms with Crippen molar-refractivity contribution in [2.45, 2.75) is 0 Å². The number of benzene rings is 1. The molecule has 1 aromatic carbocycles. The second-order valence-corrected chi connectivity index (χ2v) is 2.95. The normalized spacial score (nSPS) is 11.5. The topological polar surface area (TPSA) is 60.2 Å². The minimum absolute atomic E-state index is 0.248. The monoisotopic (exact) mass is 215 g/mol. The van der Waals surface area contributed by atoms with Crippen LogP contribution in [0.3, 0.4) is 0 Å². The number of nitrogens with two attached hydrogens (primary N) is 1. The minimum atomic E-state index is 0.248. The molecular formula is C7H8BrN2O+. The van der Waals surface area contributed by atoms with Crippen LogP contribution >= 0.6 is 15.9 Å². The fraction of sp³-hybridized carbons (Fsp3) is 0. The van der Waals surface area contributed by atoms with E-state index in [0.717, 1.165) is 10.0 Å². The second-order valence-electron chi connectivity index (χ2n) is 2.03. The summed E-state index contributed by atoms with van der Waals surface area (Å²) in [6.07, 6.45) is 0. The van der Waals surface area contributed by atoms with Crippen LogP contribution in [0.5, 0.6) is 0 Å². The van der Waals surface area contributed by atoms with Crippen molar-refractivity contribution in [3.8, 4) is 0 Å². The zero-order chi connectivity index (χ0) is 8.27. The molecule has 58 valence electrons. The molecular weight excluding hydrogens is 208 g/mol. The average Bonchev–Trinajstić information content (AvgIpc) is 2.05. The van der Waals surface area contributed by atoms with Crippen LogP contribution in [-0.4, -0.2) is 11.0 Å². The van der Waals surface area contributed by atoms with E-state index in [1.165, 1.54) is 0 Å². The van der Waals surface area contributed by atoms with E-state index in [0.29, 0.717) is 0 Å². The molecule has 0 atom stereocenters. The highest BCUT2D eigenvalue weighted by molar-refractivity contribution is 9.10. The Morgan fingerprint density at radius 3 is 2.36 bits per heavy atom. The van der Waals surface area contributed by atoms with Crippen molar-refractivity contribution >= 4 is 21.8 Å². The molecule has 0 saturated carbocycles. The van der Waals surface area contributed by atoms with E-state index >= 15 is 0 Å². The molecule has 0 aromatic heterocycles. The van der Waals surface area contributed by atoms with Gasteiger partial charge in [-0.2, -0.15) is 0 Å². The van der Waals surface area contributed by atoms with Gasteiger partial charge in [0.15, 0.2) is 0 Å². The zero-order valence-electron chi connectivity index (χ0n) is 5.71. The number of nitrogen functional groups attached to an aromatic ring is 1. The summed E-state index contributed by atoms with van der Waals surface area (Å²) in [5.74, 6) is 0.248. The Balaban J connectivity index is 2.99. The molecule has 0 bridgehead atoms. The Morgan fingerprint density at radius 2 is 1.91 bits per heavy atom. The molecule has 0 saturated heterocycles. The van der Waals surface area contributed by atoms with E-state index in [-0.39, 0.29) is 5.84 Å². The highest BCUT2D eigenvalue weighted by atomic mass is 79.9. The Morgan fingerprint density at radius 1 is 1.36 bits per heavy atom. The van der Waals surface area contributed by atoms with E-state index in [1.807, 2.05) is 17.3 Å². The quantitative estimate of drug-likeness (QED) is 0.259. The maximum Gasteiger partial charge on any atom is 0.311 e. The van der Waals surface area contributed by atoms with Gasteiger partial charge in [0.2, 0.25) is 0 Å². The maximum absolute atomic E-state index is 8.43. The van der Waals surface area contributed by atoms with Gasteiger partial charge in [0.05, 0.1) is 5.56 Å². The number of hydrogen-bond donors (Lipinski definition) is 3. The summed E-state index contributed by atoms with van der Waals surface area (Å²) in [4.78, 5) is 0. The maximum atomic E-state index is 8.43. The SMILES string of the molecule is NC(=[NH+]O)c1ccc(Br)cc1. The Bertz CT molecular complexity index is 268. The van der Waals surface area contributed by atoms with E-state index in [1.54, 1.807) is 12.1 Å². The van der Waals surface area contributed by atoms with Crippen LogP contribution in [0.1, 0.15) is 5.56 Å². The highest BCUT2D eigenvalue weighted by Crippen LogP contribution is 2.09. The Kier molecular flexibility index (Phi) is 2.48. The Labute approximate surface area is 72.6 Å². The van der Waals surface area contributed by atoms with Crippen LogP contribution in [0.2, 0.25) is 0 Å². The molecule has 1 rings (SSSR count).